The van der Waals surface area contributed by atoms with Crippen molar-refractivity contribution in [3.63, 3.8) is 0 Å². The van der Waals surface area contributed by atoms with Gasteiger partial charge in [0.05, 0.1) is 26.1 Å². The molecule has 5 nitrogen and oxygen atoms in total. The van der Waals surface area contributed by atoms with E-state index in [0.29, 0.717) is 26.1 Å². The van der Waals surface area contributed by atoms with Crippen LogP contribution in [0.15, 0.2) is 40.4 Å². The van der Waals surface area contributed by atoms with Gasteiger partial charge in [0.2, 0.25) is 5.91 Å². The molecule has 1 aromatic carbocycles. The van der Waals surface area contributed by atoms with Crippen molar-refractivity contribution in [3.8, 4) is 0 Å². The van der Waals surface area contributed by atoms with Crippen LogP contribution in [-0.4, -0.2) is 53.7 Å². The number of benzene rings is 1. The highest BCUT2D eigenvalue weighted by Crippen LogP contribution is 2.31. The van der Waals surface area contributed by atoms with Gasteiger partial charge in [0.1, 0.15) is 11.9 Å². The van der Waals surface area contributed by atoms with Gasteiger partial charge in [0, 0.05) is 18.8 Å². The van der Waals surface area contributed by atoms with E-state index in [2.05, 4.69) is 9.89 Å². The lowest BCUT2D eigenvalue weighted by Gasteiger charge is -2.33. The lowest BCUT2D eigenvalue weighted by molar-refractivity contribution is -0.138. The first-order chi connectivity index (χ1) is 11.7. The van der Waals surface area contributed by atoms with Crippen LogP contribution in [0.25, 0.3) is 0 Å². The minimum atomic E-state index is -0.267. The maximum absolute atomic E-state index is 13.1. The molecule has 1 amide bonds. The van der Waals surface area contributed by atoms with Gasteiger partial charge in [-0.25, -0.2) is 4.39 Å². The number of nitrogens with zero attached hydrogens (tertiary/aromatic N) is 3. The minimum absolute atomic E-state index is 0.102. The molecule has 7 heteroatoms. The summed E-state index contributed by atoms with van der Waals surface area (Å²) in [5.41, 5.74) is 1.93. The number of carbonyl (C=O) groups excluding carboxylic acids is 1. The average molecular weight is 347 g/mol. The van der Waals surface area contributed by atoms with Crippen LogP contribution in [0.3, 0.4) is 0 Å². The molecule has 1 atom stereocenters. The topological polar surface area (TPSA) is 45.1 Å². The van der Waals surface area contributed by atoms with Crippen molar-refractivity contribution >= 4 is 22.8 Å². The third kappa shape index (κ3) is 3.06. The second-order valence-electron chi connectivity index (χ2n) is 5.97. The first kappa shape index (κ1) is 15.7. The third-order valence-electron chi connectivity index (χ3n) is 4.44. The summed E-state index contributed by atoms with van der Waals surface area (Å²) in [5.74, 6) is -0.165. The summed E-state index contributed by atoms with van der Waals surface area (Å²) in [4.78, 5) is 21.0. The highest BCUT2D eigenvalue weighted by Gasteiger charge is 2.30. The molecular formula is C17H18FN3O2S. The molecule has 0 bridgehead atoms. The van der Waals surface area contributed by atoms with Gasteiger partial charge < -0.3 is 14.5 Å². The van der Waals surface area contributed by atoms with E-state index in [9.17, 15) is 9.18 Å². The van der Waals surface area contributed by atoms with E-state index in [4.69, 9.17) is 4.74 Å². The highest BCUT2D eigenvalue weighted by molar-refractivity contribution is 8.16. The molecular weight excluding hydrogens is 329 g/mol. The zero-order chi connectivity index (χ0) is 16.5. The largest absolute Gasteiger partial charge is 0.370 e. The Kier molecular flexibility index (Phi) is 4.28. The molecule has 4 rings (SSSR count). The molecule has 3 heterocycles. The standard InChI is InChI=1S/C17H18FN3O2S/c18-13-3-1-12(2-4-13)15-10-20(7-8-23-15)16(22)9-14-11-24-17-19-5-6-21(14)17/h1-4,11,15H,5-10H2. The van der Waals surface area contributed by atoms with E-state index in [1.165, 1.54) is 12.1 Å². The zero-order valence-corrected chi connectivity index (χ0v) is 14.0. The number of ether oxygens (including phenoxy) is 1. The first-order valence-corrected chi connectivity index (χ1v) is 8.91. The fourth-order valence-electron chi connectivity index (χ4n) is 3.14. The Morgan fingerprint density at radius 2 is 2.17 bits per heavy atom. The summed E-state index contributed by atoms with van der Waals surface area (Å²) in [6.07, 6.45) is 0.196. The molecule has 0 aromatic heterocycles. The molecule has 0 saturated carbocycles. The van der Waals surface area contributed by atoms with Crippen molar-refractivity contribution in [3.05, 3.63) is 46.8 Å². The summed E-state index contributed by atoms with van der Waals surface area (Å²) in [6, 6.07) is 6.29. The number of hydrogen-bond donors (Lipinski definition) is 0. The van der Waals surface area contributed by atoms with Gasteiger partial charge in [0.15, 0.2) is 5.17 Å². The van der Waals surface area contributed by atoms with Crippen molar-refractivity contribution in [2.45, 2.75) is 12.5 Å². The fraction of sp³-hybridized carbons (Fsp3) is 0.412. The normalized spacial score (nSPS) is 23.1. The number of carbonyl (C=O) groups is 1. The van der Waals surface area contributed by atoms with Crippen LogP contribution in [0.1, 0.15) is 18.1 Å². The molecule has 126 valence electrons. The lowest BCUT2D eigenvalue weighted by Crippen LogP contribution is -2.42. The molecule has 0 radical (unpaired) electrons. The van der Waals surface area contributed by atoms with E-state index in [1.807, 2.05) is 10.3 Å². The van der Waals surface area contributed by atoms with Crippen LogP contribution in [0, 0.1) is 5.82 Å². The zero-order valence-electron chi connectivity index (χ0n) is 13.2. The molecule has 3 aliphatic rings. The fourth-order valence-corrected chi connectivity index (χ4v) is 4.09. The number of fused-ring (bicyclic) bond motifs is 1. The number of rotatable bonds is 3. The third-order valence-corrected chi connectivity index (χ3v) is 5.39. The van der Waals surface area contributed by atoms with Crippen LogP contribution in [0.2, 0.25) is 0 Å². The van der Waals surface area contributed by atoms with Crippen molar-refractivity contribution in [1.82, 2.24) is 9.80 Å². The van der Waals surface area contributed by atoms with Crippen LogP contribution in [0.4, 0.5) is 4.39 Å². The summed E-state index contributed by atoms with van der Waals surface area (Å²) in [6.45, 7) is 3.27. The Morgan fingerprint density at radius 1 is 1.33 bits per heavy atom. The molecule has 1 fully saturated rings. The van der Waals surface area contributed by atoms with Crippen LogP contribution in [-0.2, 0) is 9.53 Å². The van der Waals surface area contributed by atoms with E-state index in [-0.39, 0.29) is 17.8 Å². The Balaban J connectivity index is 1.39. The van der Waals surface area contributed by atoms with Gasteiger partial charge in [-0.1, -0.05) is 23.9 Å². The molecule has 1 unspecified atom stereocenters. The van der Waals surface area contributed by atoms with Gasteiger partial charge in [-0.05, 0) is 23.1 Å². The van der Waals surface area contributed by atoms with E-state index in [1.54, 1.807) is 23.9 Å². The number of amides is 1. The average Bonchev–Trinajstić information content (AvgIpc) is 3.21. The Hall–Kier alpha value is -1.86. The summed E-state index contributed by atoms with van der Waals surface area (Å²) in [5, 5.41) is 3.03. The van der Waals surface area contributed by atoms with Crippen LogP contribution >= 0.6 is 11.8 Å². The van der Waals surface area contributed by atoms with Gasteiger partial charge in [-0.3, -0.25) is 9.79 Å². The van der Waals surface area contributed by atoms with Gasteiger partial charge >= 0.3 is 0 Å². The predicted octanol–water partition coefficient (Wildman–Crippen LogP) is 2.38. The van der Waals surface area contributed by atoms with Gasteiger partial charge in [-0.2, -0.15) is 0 Å². The number of amidine groups is 1. The molecule has 0 N–H and O–H groups in total. The predicted molar refractivity (Wildman–Crippen MR) is 91.0 cm³/mol. The maximum atomic E-state index is 13.1. The van der Waals surface area contributed by atoms with E-state index < -0.39 is 0 Å². The highest BCUT2D eigenvalue weighted by atomic mass is 32.2. The van der Waals surface area contributed by atoms with Gasteiger partial charge in [-0.15, -0.1) is 0 Å². The molecule has 0 spiro atoms. The number of aliphatic imine (C=N–C) groups is 1. The van der Waals surface area contributed by atoms with Crippen molar-refractivity contribution in [2.24, 2.45) is 4.99 Å². The number of morpholine rings is 1. The Bertz CT molecular complexity index is 704. The van der Waals surface area contributed by atoms with E-state index >= 15 is 0 Å². The summed E-state index contributed by atoms with van der Waals surface area (Å²) >= 11 is 1.59. The van der Waals surface area contributed by atoms with Crippen molar-refractivity contribution < 1.29 is 13.9 Å². The van der Waals surface area contributed by atoms with Crippen LogP contribution in [0.5, 0.6) is 0 Å². The monoisotopic (exact) mass is 347 g/mol. The minimum Gasteiger partial charge on any atom is -0.370 e. The van der Waals surface area contributed by atoms with Crippen LogP contribution < -0.4 is 0 Å². The summed E-state index contributed by atoms with van der Waals surface area (Å²) < 4.78 is 18.8. The molecule has 24 heavy (non-hydrogen) atoms. The smallest absolute Gasteiger partial charge is 0.228 e. The molecule has 1 saturated heterocycles. The second-order valence-corrected chi connectivity index (χ2v) is 6.81. The van der Waals surface area contributed by atoms with Crippen molar-refractivity contribution in [2.75, 3.05) is 32.8 Å². The summed E-state index contributed by atoms with van der Waals surface area (Å²) in [7, 11) is 0. The molecule has 1 aromatic rings. The number of hydrogen-bond acceptors (Lipinski definition) is 5. The molecule has 3 aliphatic heterocycles. The lowest BCUT2D eigenvalue weighted by atomic mass is 10.1. The number of halogens is 1. The Morgan fingerprint density at radius 3 is 3.00 bits per heavy atom. The van der Waals surface area contributed by atoms with Crippen molar-refractivity contribution in [1.29, 1.82) is 0 Å². The first-order valence-electron chi connectivity index (χ1n) is 8.03. The maximum Gasteiger partial charge on any atom is 0.228 e. The quantitative estimate of drug-likeness (QED) is 0.842. The van der Waals surface area contributed by atoms with E-state index in [0.717, 1.165) is 29.5 Å². The Labute approximate surface area is 144 Å². The number of thioether (sulfide) groups is 1. The molecule has 0 aliphatic carbocycles. The second kappa shape index (κ2) is 6.57. The van der Waals surface area contributed by atoms with Gasteiger partial charge in [0.25, 0.3) is 0 Å². The SMILES string of the molecule is O=C(CC1=CSC2=NCCN12)N1CCOC(c2ccc(F)cc2)C1.